The molecule has 1 aliphatic rings. The Hall–Kier alpha value is -0.160. The van der Waals surface area contributed by atoms with Crippen molar-refractivity contribution in [2.45, 2.75) is 24.9 Å². The number of likely N-dealkylation sites (N-methyl/N-ethyl adjacent to an activating group) is 1. The molecule has 1 fully saturated rings. The monoisotopic (exact) mass is 201 g/mol. The number of aliphatic hydroxyl groups is 1. The average molecular weight is 201 g/mol. The van der Waals surface area contributed by atoms with Gasteiger partial charge in [0.1, 0.15) is 0 Å². The topological polar surface area (TPSA) is 52.7 Å². The number of rotatable bonds is 5. The third kappa shape index (κ3) is 2.92. The van der Waals surface area contributed by atoms with Crippen molar-refractivity contribution < 1.29 is 5.11 Å². The first-order valence-electron chi connectivity index (χ1n) is 5.40. The van der Waals surface area contributed by atoms with Crippen LogP contribution < -0.4 is 5.73 Å². The van der Waals surface area contributed by atoms with Gasteiger partial charge in [0, 0.05) is 25.2 Å². The second-order valence-electron chi connectivity index (χ2n) is 4.37. The van der Waals surface area contributed by atoms with Crippen molar-refractivity contribution in [1.82, 2.24) is 9.80 Å². The van der Waals surface area contributed by atoms with E-state index in [4.69, 9.17) is 5.73 Å². The third-order valence-corrected chi connectivity index (χ3v) is 2.95. The number of hydrogen-bond donors (Lipinski definition) is 2. The largest absolute Gasteiger partial charge is 0.395 e. The van der Waals surface area contributed by atoms with Crippen LogP contribution in [0.2, 0.25) is 0 Å². The van der Waals surface area contributed by atoms with E-state index in [2.05, 4.69) is 23.9 Å². The van der Waals surface area contributed by atoms with E-state index < -0.39 is 0 Å². The Kier molecular flexibility index (Phi) is 4.81. The number of nitrogens with two attached hydrogens (primary N) is 1. The SMILES string of the molecule is CN(C)CC1CCCN1C(CN)CO. The van der Waals surface area contributed by atoms with Crippen LogP contribution in [0.25, 0.3) is 0 Å². The number of likely N-dealkylation sites (tertiary alicyclic amines) is 1. The van der Waals surface area contributed by atoms with E-state index in [0.717, 1.165) is 13.1 Å². The molecule has 1 saturated heterocycles. The molecule has 0 aliphatic carbocycles. The summed E-state index contributed by atoms with van der Waals surface area (Å²) in [7, 11) is 4.18. The van der Waals surface area contributed by atoms with Gasteiger partial charge in [0.2, 0.25) is 0 Å². The summed E-state index contributed by atoms with van der Waals surface area (Å²) in [5.41, 5.74) is 5.64. The van der Waals surface area contributed by atoms with Gasteiger partial charge in [-0.2, -0.15) is 0 Å². The normalized spacial score (nSPS) is 25.9. The molecular weight excluding hydrogens is 178 g/mol. The molecule has 2 atom stereocenters. The molecule has 0 aromatic rings. The van der Waals surface area contributed by atoms with Crippen LogP contribution in [0, 0.1) is 0 Å². The number of hydrogen-bond acceptors (Lipinski definition) is 4. The van der Waals surface area contributed by atoms with E-state index in [1.54, 1.807) is 0 Å². The lowest BCUT2D eigenvalue weighted by Crippen LogP contribution is -2.48. The van der Waals surface area contributed by atoms with Crippen molar-refractivity contribution >= 4 is 0 Å². The molecule has 2 unspecified atom stereocenters. The van der Waals surface area contributed by atoms with Crippen LogP contribution in [0.15, 0.2) is 0 Å². The zero-order chi connectivity index (χ0) is 10.6. The van der Waals surface area contributed by atoms with Gasteiger partial charge < -0.3 is 15.7 Å². The number of nitrogens with zero attached hydrogens (tertiary/aromatic N) is 2. The molecular formula is C10H23N3O. The maximum Gasteiger partial charge on any atom is 0.0599 e. The van der Waals surface area contributed by atoms with Crippen molar-refractivity contribution in [3.8, 4) is 0 Å². The predicted octanol–water partition coefficient (Wildman–Crippen LogP) is -0.668. The van der Waals surface area contributed by atoms with Crippen molar-refractivity contribution in [3.63, 3.8) is 0 Å². The zero-order valence-corrected chi connectivity index (χ0v) is 9.32. The highest BCUT2D eigenvalue weighted by molar-refractivity contribution is 4.86. The maximum absolute atomic E-state index is 9.20. The van der Waals surface area contributed by atoms with E-state index in [0.29, 0.717) is 12.6 Å². The van der Waals surface area contributed by atoms with Crippen LogP contribution in [-0.4, -0.2) is 67.3 Å². The second kappa shape index (κ2) is 5.66. The minimum Gasteiger partial charge on any atom is -0.395 e. The molecule has 0 spiro atoms. The first-order valence-corrected chi connectivity index (χ1v) is 5.40. The van der Waals surface area contributed by atoms with Gasteiger partial charge in [0.05, 0.1) is 6.61 Å². The maximum atomic E-state index is 9.20. The van der Waals surface area contributed by atoms with Crippen LogP contribution in [0.5, 0.6) is 0 Å². The predicted molar refractivity (Wildman–Crippen MR) is 58.2 cm³/mol. The summed E-state index contributed by atoms with van der Waals surface area (Å²) in [6, 6.07) is 0.730. The fourth-order valence-corrected chi connectivity index (χ4v) is 2.27. The Morgan fingerprint density at radius 1 is 1.57 bits per heavy atom. The summed E-state index contributed by atoms with van der Waals surface area (Å²) in [6.45, 7) is 2.89. The molecule has 0 amide bonds. The quantitative estimate of drug-likeness (QED) is 0.619. The standard InChI is InChI=1S/C10H23N3O/c1-12(2)7-9-4-3-5-13(9)10(6-11)8-14/h9-10,14H,3-8,11H2,1-2H3. The molecule has 1 aliphatic heterocycles. The molecule has 0 saturated carbocycles. The van der Waals surface area contributed by atoms with Crippen molar-refractivity contribution in [2.75, 3.05) is 40.3 Å². The molecule has 0 aromatic carbocycles. The highest BCUT2D eigenvalue weighted by atomic mass is 16.3. The van der Waals surface area contributed by atoms with Gasteiger partial charge in [-0.05, 0) is 33.5 Å². The van der Waals surface area contributed by atoms with Crippen LogP contribution >= 0.6 is 0 Å². The van der Waals surface area contributed by atoms with E-state index in [1.165, 1.54) is 12.8 Å². The van der Waals surface area contributed by atoms with Gasteiger partial charge in [-0.25, -0.2) is 0 Å². The minimum atomic E-state index is 0.155. The summed E-state index contributed by atoms with van der Waals surface area (Å²) < 4.78 is 0. The molecule has 0 aromatic heterocycles. The van der Waals surface area contributed by atoms with Gasteiger partial charge in [0.25, 0.3) is 0 Å². The van der Waals surface area contributed by atoms with Crippen LogP contribution in [0.1, 0.15) is 12.8 Å². The van der Waals surface area contributed by atoms with Crippen molar-refractivity contribution in [3.05, 3.63) is 0 Å². The Bertz CT molecular complexity index is 159. The fraction of sp³-hybridized carbons (Fsp3) is 1.00. The van der Waals surface area contributed by atoms with Crippen LogP contribution in [-0.2, 0) is 0 Å². The Morgan fingerprint density at radius 3 is 2.79 bits per heavy atom. The molecule has 4 heteroatoms. The fourth-order valence-electron chi connectivity index (χ4n) is 2.27. The smallest absolute Gasteiger partial charge is 0.0599 e. The van der Waals surface area contributed by atoms with Crippen molar-refractivity contribution in [2.24, 2.45) is 5.73 Å². The highest BCUT2D eigenvalue weighted by Gasteiger charge is 2.29. The summed E-state index contributed by atoms with van der Waals surface area (Å²) in [4.78, 5) is 4.56. The van der Waals surface area contributed by atoms with Crippen molar-refractivity contribution in [1.29, 1.82) is 0 Å². The lowest BCUT2D eigenvalue weighted by molar-refractivity contribution is 0.104. The van der Waals surface area contributed by atoms with E-state index >= 15 is 0 Å². The van der Waals surface area contributed by atoms with Crippen LogP contribution in [0.4, 0.5) is 0 Å². The first kappa shape index (κ1) is 11.9. The van der Waals surface area contributed by atoms with E-state index in [1.807, 2.05) is 0 Å². The molecule has 84 valence electrons. The summed E-state index contributed by atoms with van der Waals surface area (Å²) in [6.07, 6.45) is 2.46. The molecule has 3 N–H and O–H groups in total. The van der Waals surface area contributed by atoms with Gasteiger partial charge in [-0.3, -0.25) is 4.90 Å². The van der Waals surface area contributed by atoms with Gasteiger partial charge in [-0.15, -0.1) is 0 Å². The van der Waals surface area contributed by atoms with Gasteiger partial charge in [-0.1, -0.05) is 0 Å². The second-order valence-corrected chi connectivity index (χ2v) is 4.37. The molecule has 4 nitrogen and oxygen atoms in total. The Balaban J connectivity index is 2.49. The third-order valence-electron chi connectivity index (χ3n) is 2.95. The number of aliphatic hydroxyl groups excluding tert-OH is 1. The summed E-state index contributed by atoms with van der Waals surface area (Å²) in [5.74, 6) is 0. The van der Waals surface area contributed by atoms with Crippen LogP contribution in [0.3, 0.4) is 0 Å². The molecule has 0 radical (unpaired) electrons. The Labute approximate surface area is 86.7 Å². The molecule has 1 rings (SSSR count). The summed E-state index contributed by atoms with van der Waals surface area (Å²) in [5, 5.41) is 9.20. The lowest BCUT2D eigenvalue weighted by atomic mass is 10.2. The molecule has 0 bridgehead atoms. The van der Waals surface area contributed by atoms with Gasteiger partial charge >= 0.3 is 0 Å². The highest BCUT2D eigenvalue weighted by Crippen LogP contribution is 2.20. The summed E-state index contributed by atoms with van der Waals surface area (Å²) >= 11 is 0. The molecule has 14 heavy (non-hydrogen) atoms. The Morgan fingerprint density at radius 2 is 2.29 bits per heavy atom. The zero-order valence-electron chi connectivity index (χ0n) is 9.32. The lowest BCUT2D eigenvalue weighted by Gasteiger charge is -2.32. The van der Waals surface area contributed by atoms with E-state index in [9.17, 15) is 5.11 Å². The van der Waals surface area contributed by atoms with Gasteiger partial charge in [0.15, 0.2) is 0 Å². The first-order chi connectivity index (χ1) is 6.69. The average Bonchev–Trinajstić information content (AvgIpc) is 2.55. The minimum absolute atomic E-state index is 0.155. The van der Waals surface area contributed by atoms with E-state index in [-0.39, 0.29) is 12.6 Å². The molecule has 1 heterocycles.